The lowest BCUT2D eigenvalue weighted by atomic mass is 10.0. The SMILES string of the molecule is CCCCCCCCCc1ccc(-c2ccc(C3OCC(CCCCCCCCC)CO3)cn2)cc1. The van der Waals surface area contributed by atoms with Crippen molar-refractivity contribution < 1.29 is 9.47 Å². The zero-order valence-corrected chi connectivity index (χ0v) is 23.2. The fraction of sp³-hybridized carbons (Fsp3) is 0.667. The molecule has 0 spiro atoms. The first-order valence-corrected chi connectivity index (χ1v) is 15.1. The Morgan fingerprint density at radius 2 is 1.25 bits per heavy atom. The van der Waals surface area contributed by atoms with E-state index >= 15 is 0 Å². The lowest BCUT2D eigenvalue weighted by Gasteiger charge is -2.29. The van der Waals surface area contributed by atoms with Crippen LogP contribution in [-0.2, 0) is 15.9 Å². The summed E-state index contributed by atoms with van der Waals surface area (Å²) in [5, 5.41) is 0. The summed E-state index contributed by atoms with van der Waals surface area (Å²) in [4.78, 5) is 4.72. The van der Waals surface area contributed by atoms with E-state index in [4.69, 9.17) is 14.5 Å². The minimum absolute atomic E-state index is 0.277. The second-order valence-electron chi connectivity index (χ2n) is 10.8. The van der Waals surface area contributed by atoms with Gasteiger partial charge in [0.1, 0.15) is 0 Å². The Morgan fingerprint density at radius 1 is 0.667 bits per heavy atom. The molecule has 0 radical (unpaired) electrons. The van der Waals surface area contributed by atoms with E-state index in [0.717, 1.165) is 24.5 Å². The Kier molecular flexibility index (Phi) is 14.2. The Hall–Kier alpha value is -1.71. The molecule has 0 amide bonds. The van der Waals surface area contributed by atoms with Crippen molar-refractivity contribution in [2.24, 2.45) is 5.92 Å². The third-order valence-electron chi connectivity index (χ3n) is 7.56. The highest BCUT2D eigenvalue weighted by Gasteiger charge is 2.23. The van der Waals surface area contributed by atoms with Crippen LogP contribution in [0.2, 0.25) is 0 Å². The number of pyridine rings is 1. The van der Waals surface area contributed by atoms with E-state index in [-0.39, 0.29) is 6.29 Å². The summed E-state index contributed by atoms with van der Waals surface area (Å²) in [6, 6.07) is 13.1. The molecule has 3 nitrogen and oxygen atoms in total. The minimum atomic E-state index is -0.277. The van der Waals surface area contributed by atoms with E-state index in [2.05, 4.69) is 50.2 Å². The molecule has 0 aliphatic carbocycles. The van der Waals surface area contributed by atoms with Crippen LogP contribution in [0.25, 0.3) is 11.3 Å². The molecule has 0 N–H and O–H groups in total. The highest BCUT2D eigenvalue weighted by molar-refractivity contribution is 5.59. The van der Waals surface area contributed by atoms with Gasteiger partial charge in [-0.05, 0) is 30.9 Å². The molecule has 2 heterocycles. The number of hydrogen-bond acceptors (Lipinski definition) is 3. The summed E-state index contributed by atoms with van der Waals surface area (Å²) in [5.41, 5.74) is 4.63. The molecule has 36 heavy (non-hydrogen) atoms. The van der Waals surface area contributed by atoms with Gasteiger partial charge in [0.25, 0.3) is 0 Å². The number of aromatic nitrogens is 1. The van der Waals surface area contributed by atoms with E-state index < -0.39 is 0 Å². The van der Waals surface area contributed by atoms with Crippen LogP contribution in [0, 0.1) is 5.92 Å². The summed E-state index contributed by atoms with van der Waals surface area (Å²) >= 11 is 0. The maximum atomic E-state index is 6.06. The van der Waals surface area contributed by atoms with Crippen LogP contribution in [0.3, 0.4) is 0 Å². The molecule has 200 valence electrons. The van der Waals surface area contributed by atoms with Gasteiger partial charge in [-0.15, -0.1) is 0 Å². The molecule has 0 unspecified atom stereocenters. The first kappa shape index (κ1) is 28.9. The maximum Gasteiger partial charge on any atom is 0.185 e. The van der Waals surface area contributed by atoms with E-state index in [1.807, 2.05) is 6.20 Å². The third-order valence-corrected chi connectivity index (χ3v) is 7.56. The summed E-state index contributed by atoms with van der Waals surface area (Å²) in [5.74, 6) is 0.531. The molecule has 2 aromatic rings. The Bertz CT molecular complexity index is 793. The standard InChI is InChI=1S/C33H51NO2/c1-3-5-7-9-11-13-15-17-28-19-21-30(22-20-28)32-24-23-31(25-34-32)33-35-26-29(27-36-33)18-16-14-12-10-8-6-4-2/h19-25,29,33H,3-18,26-27H2,1-2H3. The molecule has 1 aliphatic rings. The van der Waals surface area contributed by atoms with Gasteiger partial charge in [0.2, 0.25) is 0 Å². The van der Waals surface area contributed by atoms with Crippen LogP contribution in [0.4, 0.5) is 0 Å². The van der Waals surface area contributed by atoms with Crippen molar-refractivity contribution in [1.29, 1.82) is 0 Å². The molecule has 1 aromatic carbocycles. The number of aryl methyl sites for hydroxylation is 1. The lowest BCUT2D eigenvalue weighted by Crippen LogP contribution is -2.27. The Morgan fingerprint density at radius 3 is 1.83 bits per heavy atom. The largest absolute Gasteiger partial charge is 0.348 e. The maximum absolute atomic E-state index is 6.06. The zero-order chi connectivity index (χ0) is 25.3. The molecule has 1 saturated heterocycles. The van der Waals surface area contributed by atoms with E-state index in [9.17, 15) is 0 Å². The molecule has 0 bridgehead atoms. The first-order valence-electron chi connectivity index (χ1n) is 15.1. The second-order valence-corrected chi connectivity index (χ2v) is 10.8. The summed E-state index contributed by atoms with van der Waals surface area (Å²) in [7, 11) is 0. The highest BCUT2D eigenvalue weighted by Crippen LogP contribution is 2.28. The van der Waals surface area contributed by atoms with Gasteiger partial charge in [0.15, 0.2) is 6.29 Å². The monoisotopic (exact) mass is 493 g/mol. The third kappa shape index (κ3) is 10.7. The predicted molar refractivity (Wildman–Crippen MR) is 152 cm³/mol. The number of benzene rings is 1. The zero-order valence-electron chi connectivity index (χ0n) is 23.2. The summed E-state index contributed by atoms with van der Waals surface area (Å²) in [6.07, 6.45) is 23.1. The molecule has 0 saturated carbocycles. The van der Waals surface area contributed by atoms with Gasteiger partial charge in [-0.2, -0.15) is 0 Å². The van der Waals surface area contributed by atoms with Crippen LogP contribution < -0.4 is 0 Å². The van der Waals surface area contributed by atoms with Crippen molar-refractivity contribution >= 4 is 0 Å². The first-order chi connectivity index (χ1) is 17.8. The van der Waals surface area contributed by atoms with Gasteiger partial charge in [-0.1, -0.05) is 128 Å². The number of nitrogens with zero attached hydrogens (tertiary/aromatic N) is 1. The van der Waals surface area contributed by atoms with Crippen LogP contribution >= 0.6 is 0 Å². The molecular formula is C33H51NO2. The van der Waals surface area contributed by atoms with Gasteiger partial charge in [0, 0.05) is 23.2 Å². The smallest absolute Gasteiger partial charge is 0.185 e. The highest BCUT2D eigenvalue weighted by atomic mass is 16.7. The average Bonchev–Trinajstić information content (AvgIpc) is 2.93. The summed E-state index contributed by atoms with van der Waals surface area (Å²) in [6.45, 7) is 6.14. The van der Waals surface area contributed by atoms with Crippen molar-refractivity contribution in [3.05, 3.63) is 53.7 Å². The van der Waals surface area contributed by atoms with Crippen molar-refractivity contribution in [3.8, 4) is 11.3 Å². The Labute approximate surface area is 221 Å². The molecule has 3 heteroatoms. The molecule has 1 aromatic heterocycles. The van der Waals surface area contributed by atoms with Gasteiger partial charge in [-0.25, -0.2) is 0 Å². The van der Waals surface area contributed by atoms with E-state index in [1.54, 1.807) is 0 Å². The lowest BCUT2D eigenvalue weighted by molar-refractivity contribution is -0.206. The molecule has 1 aliphatic heterocycles. The number of ether oxygens (including phenoxy) is 2. The number of rotatable bonds is 18. The van der Waals surface area contributed by atoms with E-state index in [0.29, 0.717) is 5.92 Å². The van der Waals surface area contributed by atoms with Crippen LogP contribution in [0.1, 0.15) is 128 Å². The van der Waals surface area contributed by atoms with Crippen molar-refractivity contribution in [2.75, 3.05) is 13.2 Å². The van der Waals surface area contributed by atoms with Crippen LogP contribution in [0.5, 0.6) is 0 Å². The van der Waals surface area contributed by atoms with Gasteiger partial charge in [0.05, 0.1) is 18.9 Å². The van der Waals surface area contributed by atoms with Crippen molar-refractivity contribution in [2.45, 2.75) is 123 Å². The van der Waals surface area contributed by atoms with E-state index in [1.165, 1.54) is 114 Å². The normalized spacial score (nSPS) is 17.9. The number of hydrogen-bond donors (Lipinski definition) is 0. The quantitative estimate of drug-likeness (QED) is 0.194. The molecule has 3 rings (SSSR count). The van der Waals surface area contributed by atoms with Crippen molar-refractivity contribution in [3.63, 3.8) is 0 Å². The van der Waals surface area contributed by atoms with Gasteiger partial charge in [-0.3, -0.25) is 4.98 Å². The van der Waals surface area contributed by atoms with Gasteiger partial charge < -0.3 is 9.47 Å². The minimum Gasteiger partial charge on any atom is -0.348 e. The topological polar surface area (TPSA) is 31.4 Å². The predicted octanol–water partition coefficient (Wildman–Crippen LogP) is 9.84. The molecule has 0 atom stereocenters. The number of unbranched alkanes of at least 4 members (excludes halogenated alkanes) is 12. The van der Waals surface area contributed by atoms with Crippen molar-refractivity contribution in [1.82, 2.24) is 4.98 Å². The average molecular weight is 494 g/mol. The van der Waals surface area contributed by atoms with Crippen LogP contribution in [-0.4, -0.2) is 18.2 Å². The summed E-state index contributed by atoms with van der Waals surface area (Å²) < 4.78 is 12.1. The van der Waals surface area contributed by atoms with Crippen LogP contribution in [0.15, 0.2) is 42.6 Å². The molecule has 1 fully saturated rings. The second kappa shape index (κ2) is 17.7. The molecular weight excluding hydrogens is 442 g/mol. The van der Waals surface area contributed by atoms with Gasteiger partial charge >= 0.3 is 0 Å². The fourth-order valence-corrected chi connectivity index (χ4v) is 5.14. The Balaban J connectivity index is 1.33. The fourth-order valence-electron chi connectivity index (χ4n) is 5.14.